The molecular formula is C25H21FN2O3. The number of benzene rings is 3. The molecule has 3 amide bonds. The molecule has 0 aliphatic carbocycles. The highest BCUT2D eigenvalue weighted by Gasteiger charge is 2.44. The van der Waals surface area contributed by atoms with Crippen molar-refractivity contribution in [2.45, 2.75) is 18.9 Å². The van der Waals surface area contributed by atoms with Gasteiger partial charge in [0.1, 0.15) is 11.9 Å². The number of halogens is 1. The monoisotopic (exact) mass is 416 g/mol. The van der Waals surface area contributed by atoms with E-state index in [-0.39, 0.29) is 24.4 Å². The molecule has 4 rings (SSSR count). The van der Waals surface area contributed by atoms with Crippen LogP contribution in [-0.2, 0) is 16.0 Å². The summed E-state index contributed by atoms with van der Waals surface area (Å²) in [7, 11) is 0. The van der Waals surface area contributed by atoms with Gasteiger partial charge in [-0.15, -0.1) is 0 Å². The van der Waals surface area contributed by atoms with Crippen molar-refractivity contribution in [3.05, 3.63) is 102 Å². The van der Waals surface area contributed by atoms with Crippen LogP contribution in [0.2, 0.25) is 0 Å². The summed E-state index contributed by atoms with van der Waals surface area (Å²) < 4.78 is 13.7. The van der Waals surface area contributed by atoms with E-state index in [1.807, 2.05) is 30.3 Å². The van der Waals surface area contributed by atoms with E-state index < -0.39 is 23.7 Å². The molecule has 0 aromatic heterocycles. The van der Waals surface area contributed by atoms with Gasteiger partial charge in [-0.05, 0) is 42.3 Å². The maximum Gasteiger partial charge on any atom is 0.257 e. The number of nitrogens with zero attached hydrogens (tertiary/aromatic N) is 2. The van der Waals surface area contributed by atoms with Crippen molar-refractivity contribution in [1.82, 2.24) is 4.90 Å². The van der Waals surface area contributed by atoms with Gasteiger partial charge in [0.25, 0.3) is 11.8 Å². The average molecular weight is 416 g/mol. The Bertz CT molecular complexity index is 1100. The van der Waals surface area contributed by atoms with Gasteiger partial charge in [-0.1, -0.05) is 54.6 Å². The van der Waals surface area contributed by atoms with Crippen molar-refractivity contribution < 1.29 is 18.8 Å². The van der Waals surface area contributed by atoms with Gasteiger partial charge < -0.3 is 4.90 Å². The Hall–Kier alpha value is -3.80. The van der Waals surface area contributed by atoms with Crippen LogP contribution in [0, 0.1) is 5.82 Å². The topological polar surface area (TPSA) is 57.7 Å². The molecule has 0 radical (unpaired) electrons. The van der Waals surface area contributed by atoms with Gasteiger partial charge in [0.15, 0.2) is 0 Å². The summed E-state index contributed by atoms with van der Waals surface area (Å²) in [6.07, 6.45) is 0.398. The van der Waals surface area contributed by atoms with Crippen molar-refractivity contribution >= 4 is 23.4 Å². The Morgan fingerprint density at radius 1 is 0.935 bits per heavy atom. The fraction of sp³-hybridized carbons (Fsp3) is 0.160. The quantitative estimate of drug-likeness (QED) is 0.574. The molecule has 1 fully saturated rings. The summed E-state index contributed by atoms with van der Waals surface area (Å²) in [5.74, 6) is -1.82. The van der Waals surface area contributed by atoms with E-state index in [1.54, 1.807) is 30.3 Å². The molecule has 6 heteroatoms. The zero-order chi connectivity index (χ0) is 21.8. The van der Waals surface area contributed by atoms with E-state index in [0.717, 1.165) is 16.5 Å². The van der Waals surface area contributed by atoms with Crippen LogP contribution < -0.4 is 4.90 Å². The first-order valence-corrected chi connectivity index (χ1v) is 10.1. The third-order valence-corrected chi connectivity index (χ3v) is 5.33. The fourth-order valence-electron chi connectivity index (χ4n) is 3.79. The second-order valence-electron chi connectivity index (χ2n) is 7.37. The van der Waals surface area contributed by atoms with Crippen LogP contribution in [0.15, 0.2) is 84.9 Å². The first-order valence-electron chi connectivity index (χ1n) is 10.1. The minimum Gasteiger partial charge on any atom is -0.326 e. The van der Waals surface area contributed by atoms with Crippen molar-refractivity contribution in [2.24, 2.45) is 0 Å². The summed E-state index contributed by atoms with van der Waals surface area (Å²) in [5, 5.41) is 0. The lowest BCUT2D eigenvalue weighted by Gasteiger charge is -2.28. The van der Waals surface area contributed by atoms with Gasteiger partial charge >= 0.3 is 0 Å². The Morgan fingerprint density at radius 2 is 1.61 bits per heavy atom. The molecule has 156 valence electrons. The summed E-state index contributed by atoms with van der Waals surface area (Å²) in [6.45, 7) is 0.228. The highest BCUT2D eigenvalue weighted by Crippen LogP contribution is 2.27. The lowest BCUT2D eigenvalue weighted by molar-refractivity contribution is -0.122. The smallest absolute Gasteiger partial charge is 0.257 e. The Balaban J connectivity index is 1.64. The molecule has 31 heavy (non-hydrogen) atoms. The SMILES string of the molecule is O=C1C[C@H](N(CCc2ccccc2)C(=O)c2cccc(F)c2)C(=O)N1c1ccccc1. The number of anilines is 1. The van der Waals surface area contributed by atoms with Crippen molar-refractivity contribution in [1.29, 1.82) is 0 Å². The van der Waals surface area contributed by atoms with Gasteiger partial charge in [-0.25, -0.2) is 9.29 Å². The van der Waals surface area contributed by atoms with Crippen molar-refractivity contribution in [3.8, 4) is 0 Å². The number of hydrogen-bond donors (Lipinski definition) is 0. The normalized spacial score (nSPS) is 15.9. The number of carbonyl (C=O) groups excluding carboxylic acids is 3. The molecule has 0 saturated carbocycles. The number of imide groups is 1. The van der Waals surface area contributed by atoms with E-state index in [4.69, 9.17) is 0 Å². The van der Waals surface area contributed by atoms with Crippen LogP contribution in [0.25, 0.3) is 0 Å². The molecule has 1 aliphatic heterocycles. The van der Waals surface area contributed by atoms with Crippen molar-refractivity contribution in [3.63, 3.8) is 0 Å². The predicted octanol–water partition coefficient (Wildman–Crippen LogP) is 3.84. The van der Waals surface area contributed by atoms with Gasteiger partial charge in [0, 0.05) is 12.1 Å². The average Bonchev–Trinajstić information content (AvgIpc) is 3.08. The standard InChI is InChI=1S/C25H21FN2O3/c26-20-11-7-10-19(16-20)24(30)27(15-14-18-8-3-1-4-9-18)22-17-23(29)28(25(22)31)21-12-5-2-6-13-21/h1-13,16,22H,14-15,17H2/t22-/m0/s1. The summed E-state index contributed by atoms with van der Waals surface area (Å²) in [4.78, 5) is 41.7. The molecule has 1 saturated heterocycles. The highest BCUT2D eigenvalue weighted by molar-refractivity contribution is 6.23. The Kier molecular flexibility index (Phi) is 5.89. The number of para-hydroxylation sites is 1. The second kappa shape index (κ2) is 8.92. The first kappa shape index (κ1) is 20.5. The predicted molar refractivity (Wildman–Crippen MR) is 115 cm³/mol. The van der Waals surface area contributed by atoms with E-state index in [0.29, 0.717) is 12.1 Å². The molecule has 0 unspecified atom stereocenters. The Morgan fingerprint density at radius 3 is 2.29 bits per heavy atom. The molecule has 1 atom stereocenters. The minimum atomic E-state index is -0.938. The van der Waals surface area contributed by atoms with Crippen LogP contribution in [0.1, 0.15) is 22.3 Å². The van der Waals surface area contributed by atoms with E-state index in [9.17, 15) is 18.8 Å². The lowest BCUT2D eigenvalue weighted by Crippen LogP contribution is -2.46. The zero-order valence-electron chi connectivity index (χ0n) is 16.8. The third kappa shape index (κ3) is 4.38. The number of hydrogen-bond acceptors (Lipinski definition) is 3. The van der Waals surface area contributed by atoms with Crippen LogP contribution in [-0.4, -0.2) is 35.2 Å². The number of carbonyl (C=O) groups is 3. The van der Waals surface area contributed by atoms with Crippen LogP contribution in [0.3, 0.4) is 0 Å². The van der Waals surface area contributed by atoms with Crippen LogP contribution in [0.5, 0.6) is 0 Å². The van der Waals surface area contributed by atoms with Gasteiger partial charge in [-0.3, -0.25) is 14.4 Å². The first-order chi connectivity index (χ1) is 15.0. The van der Waals surface area contributed by atoms with Crippen molar-refractivity contribution in [2.75, 3.05) is 11.4 Å². The molecule has 0 spiro atoms. The molecule has 5 nitrogen and oxygen atoms in total. The molecule has 3 aromatic rings. The van der Waals surface area contributed by atoms with Gasteiger partial charge in [0.2, 0.25) is 5.91 Å². The maximum absolute atomic E-state index is 13.7. The Labute approximate surface area is 179 Å². The van der Waals surface area contributed by atoms with E-state index in [2.05, 4.69) is 0 Å². The molecule has 1 aliphatic rings. The summed E-state index contributed by atoms with van der Waals surface area (Å²) >= 11 is 0. The summed E-state index contributed by atoms with van der Waals surface area (Å²) in [6, 6.07) is 22.6. The van der Waals surface area contributed by atoms with Gasteiger partial charge in [-0.2, -0.15) is 0 Å². The van der Waals surface area contributed by atoms with Gasteiger partial charge in [0.05, 0.1) is 12.1 Å². The molecular weight excluding hydrogens is 395 g/mol. The van der Waals surface area contributed by atoms with E-state index in [1.165, 1.54) is 23.1 Å². The zero-order valence-corrected chi connectivity index (χ0v) is 16.8. The van der Waals surface area contributed by atoms with Crippen LogP contribution in [0.4, 0.5) is 10.1 Å². The lowest BCUT2D eigenvalue weighted by atomic mass is 10.1. The number of amides is 3. The third-order valence-electron chi connectivity index (χ3n) is 5.33. The maximum atomic E-state index is 13.7. The fourth-order valence-corrected chi connectivity index (χ4v) is 3.79. The highest BCUT2D eigenvalue weighted by atomic mass is 19.1. The second-order valence-corrected chi connectivity index (χ2v) is 7.37. The molecule has 0 bridgehead atoms. The largest absolute Gasteiger partial charge is 0.326 e. The molecule has 3 aromatic carbocycles. The van der Waals surface area contributed by atoms with Crippen LogP contribution >= 0.6 is 0 Å². The number of rotatable bonds is 6. The minimum absolute atomic E-state index is 0.108. The summed E-state index contributed by atoms with van der Waals surface area (Å²) in [5.41, 5.74) is 1.61. The van der Waals surface area contributed by atoms with E-state index >= 15 is 0 Å². The molecule has 1 heterocycles. The molecule has 0 N–H and O–H groups in total.